The maximum Gasteiger partial charge on any atom is 0.341 e. The highest BCUT2D eigenvalue weighted by atomic mass is 19.1. The van der Waals surface area contributed by atoms with E-state index in [1.165, 1.54) is 25.3 Å². The van der Waals surface area contributed by atoms with Crippen molar-refractivity contribution in [2.24, 2.45) is 0 Å². The third-order valence-electron chi connectivity index (χ3n) is 1.83. The molecule has 0 aliphatic heterocycles. The molecule has 0 amide bonds. The number of ether oxygens (including phenoxy) is 2. The van der Waals surface area contributed by atoms with Crippen molar-refractivity contribution >= 4 is 5.97 Å². The Bertz CT molecular complexity index is 350. The van der Waals surface area contributed by atoms with Crippen LogP contribution in [0.3, 0.4) is 0 Å². The van der Waals surface area contributed by atoms with E-state index in [9.17, 15) is 9.18 Å². The van der Waals surface area contributed by atoms with Gasteiger partial charge in [-0.1, -0.05) is 6.92 Å². The Hall–Kier alpha value is -1.58. The van der Waals surface area contributed by atoms with Gasteiger partial charge in [-0.2, -0.15) is 0 Å². The van der Waals surface area contributed by atoms with Crippen molar-refractivity contribution in [2.45, 2.75) is 13.3 Å². The van der Waals surface area contributed by atoms with Crippen LogP contribution in [0.5, 0.6) is 5.75 Å². The third-order valence-corrected chi connectivity index (χ3v) is 1.83. The molecule has 0 saturated heterocycles. The smallest absolute Gasteiger partial charge is 0.341 e. The van der Waals surface area contributed by atoms with E-state index in [0.29, 0.717) is 12.2 Å². The monoisotopic (exact) mass is 212 g/mol. The molecule has 0 heterocycles. The Balaban J connectivity index is 2.86. The van der Waals surface area contributed by atoms with Gasteiger partial charge in [-0.05, 0) is 24.6 Å². The van der Waals surface area contributed by atoms with Gasteiger partial charge >= 0.3 is 5.97 Å². The summed E-state index contributed by atoms with van der Waals surface area (Å²) < 4.78 is 22.9. The summed E-state index contributed by atoms with van der Waals surface area (Å²) >= 11 is 0. The second-order valence-electron chi connectivity index (χ2n) is 2.98. The van der Waals surface area contributed by atoms with Gasteiger partial charge in [0, 0.05) is 0 Å². The first-order valence-electron chi connectivity index (χ1n) is 4.69. The van der Waals surface area contributed by atoms with Crippen LogP contribution in [0.25, 0.3) is 0 Å². The van der Waals surface area contributed by atoms with Crippen LogP contribution in [0, 0.1) is 5.82 Å². The van der Waals surface area contributed by atoms with Crippen LogP contribution >= 0.6 is 0 Å². The predicted molar refractivity (Wildman–Crippen MR) is 53.5 cm³/mol. The summed E-state index contributed by atoms with van der Waals surface area (Å²) in [4.78, 5) is 11.4. The Morgan fingerprint density at radius 2 is 2.20 bits per heavy atom. The summed E-state index contributed by atoms with van der Waals surface area (Å²) in [5.41, 5.74) is -0.0946. The maximum atomic E-state index is 13.2. The molecule has 1 rings (SSSR count). The summed E-state index contributed by atoms with van der Waals surface area (Å²) in [6.07, 6.45) is 0.706. The van der Waals surface area contributed by atoms with E-state index >= 15 is 0 Å². The van der Waals surface area contributed by atoms with E-state index in [0.717, 1.165) is 0 Å². The maximum absolute atomic E-state index is 13.2. The van der Waals surface area contributed by atoms with Crippen LogP contribution in [-0.2, 0) is 4.74 Å². The standard InChI is InChI=1S/C11H13FO3/c1-3-6-15-11(13)9-7-8(14-2)4-5-10(9)12/h4-5,7H,3,6H2,1-2H3. The quantitative estimate of drug-likeness (QED) is 0.719. The number of hydrogen-bond donors (Lipinski definition) is 0. The minimum Gasteiger partial charge on any atom is -0.497 e. The van der Waals surface area contributed by atoms with E-state index in [2.05, 4.69) is 0 Å². The normalized spacial score (nSPS) is 9.80. The minimum absolute atomic E-state index is 0.0946. The Morgan fingerprint density at radius 1 is 1.47 bits per heavy atom. The van der Waals surface area contributed by atoms with Crippen LogP contribution < -0.4 is 4.74 Å². The number of hydrogen-bond acceptors (Lipinski definition) is 3. The van der Waals surface area contributed by atoms with Crippen molar-refractivity contribution in [3.8, 4) is 5.75 Å². The summed E-state index contributed by atoms with van der Waals surface area (Å²) in [7, 11) is 1.45. The molecule has 82 valence electrons. The molecule has 0 unspecified atom stereocenters. The molecule has 1 aromatic carbocycles. The molecular formula is C11H13FO3. The zero-order valence-electron chi connectivity index (χ0n) is 8.75. The van der Waals surface area contributed by atoms with Crippen molar-refractivity contribution in [3.05, 3.63) is 29.6 Å². The molecule has 3 nitrogen and oxygen atoms in total. The molecule has 0 bridgehead atoms. The molecule has 0 saturated carbocycles. The van der Waals surface area contributed by atoms with E-state index in [-0.39, 0.29) is 12.2 Å². The van der Waals surface area contributed by atoms with Crippen LogP contribution in [0.15, 0.2) is 18.2 Å². The Kier molecular flexibility index (Phi) is 4.09. The van der Waals surface area contributed by atoms with Gasteiger partial charge in [-0.25, -0.2) is 9.18 Å². The van der Waals surface area contributed by atoms with Gasteiger partial charge in [-0.3, -0.25) is 0 Å². The van der Waals surface area contributed by atoms with Crippen LogP contribution in [0.2, 0.25) is 0 Å². The fourth-order valence-electron chi connectivity index (χ4n) is 1.06. The molecule has 0 aromatic heterocycles. The zero-order chi connectivity index (χ0) is 11.3. The lowest BCUT2D eigenvalue weighted by atomic mass is 10.2. The molecule has 0 atom stereocenters. The fourth-order valence-corrected chi connectivity index (χ4v) is 1.06. The summed E-state index contributed by atoms with van der Waals surface area (Å²) in [6, 6.07) is 3.96. The lowest BCUT2D eigenvalue weighted by Crippen LogP contribution is -2.08. The van der Waals surface area contributed by atoms with Gasteiger partial charge in [0.1, 0.15) is 11.6 Å². The molecule has 1 aromatic rings. The SMILES string of the molecule is CCCOC(=O)c1cc(OC)ccc1F. The fraction of sp³-hybridized carbons (Fsp3) is 0.364. The molecule has 0 fully saturated rings. The second kappa shape index (κ2) is 5.34. The van der Waals surface area contributed by atoms with E-state index in [4.69, 9.17) is 9.47 Å². The summed E-state index contributed by atoms with van der Waals surface area (Å²) in [6.45, 7) is 2.16. The van der Waals surface area contributed by atoms with Gasteiger partial charge < -0.3 is 9.47 Å². The molecule has 0 aliphatic rings. The highest BCUT2D eigenvalue weighted by molar-refractivity contribution is 5.90. The van der Waals surface area contributed by atoms with Gasteiger partial charge in [0.2, 0.25) is 0 Å². The zero-order valence-corrected chi connectivity index (χ0v) is 8.75. The molecule has 4 heteroatoms. The average molecular weight is 212 g/mol. The highest BCUT2D eigenvalue weighted by Gasteiger charge is 2.13. The number of esters is 1. The van der Waals surface area contributed by atoms with Gasteiger partial charge in [0.05, 0.1) is 19.3 Å². The summed E-state index contributed by atoms with van der Waals surface area (Å²) in [5.74, 6) is -0.829. The van der Waals surface area contributed by atoms with Gasteiger partial charge in [0.25, 0.3) is 0 Å². The van der Waals surface area contributed by atoms with E-state index in [1.54, 1.807) is 0 Å². The van der Waals surface area contributed by atoms with Crippen molar-refractivity contribution in [1.29, 1.82) is 0 Å². The molecule has 0 spiro atoms. The number of carbonyl (C=O) groups excluding carboxylic acids is 1. The number of rotatable bonds is 4. The highest BCUT2D eigenvalue weighted by Crippen LogP contribution is 2.17. The first kappa shape index (κ1) is 11.5. The predicted octanol–water partition coefficient (Wildman–Crippen LogP) is 2.40. The van der Waals surface area contributed by atoms with Gasteiger partial charge in [0.15, 0.2) is 0 Å². The molecular weight excluding hydrogens is 199 g/mol. The van der Waals surface area contributed by atoms with Gasteiger partial charge in [-0.15, -0.1) is 0 Å². The topological polar surface area (TPSA) is 35.5 Å². The molecule has 0 radical (unpaired) electrons. The second-order valence-corrected chi connectivity index (χ2v) is 2.98. The molecule has 0 N–H and O–H groups in total. The number of methoxy groups -OCH3 is 1. The number of benzene rings is 1. The number of halogens is 1. The summed E-state index contributed by atoms with van der Waals surface area (Å²) in [5, 5.41) is 0. The lowest BCUT2D eigenvalue weighted by molar-refractivity contribution is 0.0499. The molecule has 0 aliphatic carbocycles. The average Bonchev–Trinajstić information content (AvgIpc) is 2.26. The van der Waals surface area contributed by atoms with E-state index in [1.807, 2.05) is 6.92 Å². The van der Waals surface area contributed by atoms with Crippen molar-refractivity contribution in [3.63, 3.8) is 0 Å². The van der Waals surface area contributed by atoms with Crippen molar-refractivity contribution < 1.29 is 18.7 Å². The van der Waals surface area contributed by atoms with Crippen molar-refractivity contribution in [1.82, 2.24) is 0 Å². The van der Waals surface area contributed by atoms with Crippen LogP contribution in [-0.4, -0.2) is 19.7 Å². The Labute approximate surface area is 87.8 Å². The third kappa shape index (κ3) is 2.94. The van der Waals surface area contributed by atoms with Crippen LogP contribution in [0.1, 0.15) is 23.7 Å². The lowest BCUT2D eigenvalue weighted by Gasteiger charge is -2.06. The first-order valence-corrected chi connectivity index (χ1v) is 4.69. The van der Waals surface area contributed by atoms with E-state index < -0.39 is 11.8 Å². The minimum atomic E-state index is -0.659. The molecule has 15 heavy (non-hydrogen) atoms. The Morgan fingerprint density at radius 3 is 2.80 bits per heavy atom. The largest absolute Gasteiger partial charge is 0.497 e. The first-order chi connectivity index (χ1) is 7.19. The van der Waals surface area contributed by atoms with Crippen molar-refractivity contribution in [2.75, 3.05) is 13.7 Å². The van der Waals surface area contributed by atoms with Crippen LogP contribution in [0.4, 0.5) is 4.39 Å². The number of carbonyl (C=O) groups is 1.